The molecular formula is C10H6F7O. The zero-order valence-electron chi connectivity index (χ0n) is 8.52. The van der Waals surface area contributed by atoms with Crippen molar-refractivity contribution in [2.75, 3.05) is 0 Å². The maximum atomic E-state index is 13.3. The summed E-state index contributed by atoms with van der Waals surface area (Å²) in [5.74, 6) is 0. The number of hydrogen-bond acceptors (Lipinski definition) is 0. The highest BCUT2D eigenvalue weighted by Gasteiger charge is 2.77. The van der Waals surface area contributed by atoms with Crippen LogP contribution in [0.3, 0.4) is 0 Å². The highest BCUT2D eigenvalue weighted by Crippen LogP contribution is 2.53. The van der Waals surface area contributed by atoms with Gasteiger partial charge in [-0.25, -0.2) is 9.50 Å². The third-order valence-electron chi connectivity index (χ3n) is 2.29. The molecule has 1 unspecified atom stereocenters. The first-order valence-corrected chi connectivity index (χ1v) is 4.55. The molecule has 1 atom stereocenters. The summed E-state index contributed by atoms with van der Waals surface area (Å²) in [4.78, 5) is 0. The smallest absolute Gasteiger partial charge is 0.224 e. The number of benzene rings is 1. The van der Waals surface area contributed by atoms with Gasteiger partial charge in [-0.2, -0.15) is 26.3 Å². The normalized spacial score (nSPS) is 15.6. The minimum Gasteiger partial charge on any atom is -0.224 e. The molecule has 8 heteroatoms. The van der Waals surface area contributed by atoms with Gasteiger partial charge in [-0.15, -0.1) is 0 Å². The summed E-state index contributed by atoms with van der Waals surface area (Å²) < 4.78 is 86.8. The van der Waals surface area contributed by atoms with E-state index in [0.717, 1.165) is 12.1 Å². The number of alkyl halides is 7. The third-order valence-corrected chi connectivity index (χ3v) is 2.29. The molecule has 0 bridgehead atoms. The van der Waals surface area contributed by atoms with Gasteiger partial charge in [0.2, 0.25) is 0 Å². The highest BCUT2D eigenvalue weighted by molar-refractivity contribution is 5.22. The van der Waals surface area contributed by atoms with Crippen molar-refractivity contribution in [1.29, 1.82) is 0 Å². The van der Waals surface area contributed by atoms with E-state index in [1.165, 1.54) is 6.07 Å². The van der Waals surface area contributed by atoms with Gasteiger partial charge in [-0.3, -0.25) is 0 Å². The number of hydrogen-bond donors (Lipinski definition) is 0. The fraction of sp³-hybridized carbons (Fsp3) is 0.400. The lowest BCUT2D eigenvalue weighted by atomic mass is 9.91. The molecule has 0 aliphatic carbocycles. The lowest BCUT2D eigenvalue weighted by Gasteiger charge is -2.32. The standard InChI is InChI=1S/C10H6F7O/c11-8(9(12,13)14,10(15,16)17)7(18)6-4-2-1-3-5-6/h1-5,7H. The SMILES string of the molecule is [O]C(c1ccccc1)C(F)(C(F)(F)F)C(F)(F)F. The lowest BCUT2D eigenvalue weighted by Crippen LogP contribution is -2.56. The van der Waals surface area contributed by atoms with Crippen molar-refractivity contribution < 1.29 is 35.8 Å². The van der Waals surface area contributed by atoms with Crippen LogP contribution in [0.1, 0.15) is 11.7 Å². The van der Waals surface area contributed by atoms with Gasteiger partial charge < -0.3 is 0 Å². The maximum Gasteiger partial charge on any atom is 0.434 e. The summed E-state index contributed by atoms with van der Waals surface area (Å²) in [5, 5.41) is 11.2. The quantitative estimate of drug-likeness (QED) is 0.727. The molecule has 0 fully saturated rings. The fourth-order valence-corrected chi connectivity index (χ4v) is 1.32. The number of halogens is 7. The van der Waals surface area contributed by atoms with Crippen LogP contribution in [0.2, 0.25) is 0 Å². The minimum atomic E-state index is -6.34. The highest BCUT2D eigenvalue weighted by atomic mass is 19.4. The second-order valence-electron chi connectivity index (χ2n) is 3.50. The first-order valence-electron chi connectivity index (χ1n) is 4.55. The molecule has 18 heavy (non-hydrogen) atoms. The van der Waals surface area contributed by atoms with Crippen LogP contribution in [-0.2, 0) is 5.11 Å². The first kappa shape index (κ1) is 14.7. The van der Waals surface area contributed by atoms with Crippen molar-refractivity contribution in [3.8, 4) is 0 Å². The van der Waals surface area contributed by atoms with Crippen molar-refractivity contribution in [2.45, 2.75) is 24.1 Å². The van der Waals surface area contributed by atoms with Crippen molar-refractivity contribution in [2.24, 2.45) is 0 Å². The van der Waals surface area contributed by atoms with E-state index < -0.39 is 29.7 Å². The van der Waals surface area contributed by atoms with Gasteiger partial charge in [0.1, 0.15) is 0 Å². The average molecular weight is 275 g/mol. The summed E-state index contributed by atoms with van der Waals surface area (Å²) in [6.07, 6.45) is -16.3. The Morgan fingerprint density at radius 2 is 1.17 bits per heavy atom. The van der Waals surface area contributed by atoms with Gasteiger partial charge >= 0.3 is 18.0 Å². The molecule has 0 saturated heterocycles. The van der Waals surface area contributed by atoms with Gasteiger partial charge in [0, 0.05) is 0 Å². The van der Waals surface area contributed by atoms with E-state index in [2.05, 4.69) is 0 Å². The zero-order chi connectivity index (χ0) is 14.2. The van der Waals surface area contributed by atoms with Crippen molar-refractivity contribution in [3.63, 3.8) is 0 Å². The van der Waals surface area contributed by atoms with Crippen molar-refractivity contribution in [1.82, 2.24) is 0 Å². The van der Waals surface area contributed by atoms with Gasteiger partial charge in [-0.05, 0) is 5.56 Å². The van der Waals surface area contributed by atoms with Crippen LogP contribution in [0.15, 0.2) is 30.3 Å². The van der Waals surface area contributed by atoms with Crippen LogP contribution in [0.5, 0.6) is 0 Å². The van der Waals surface area contributed by atoms with E-state index in [0.29, 0.717) is 12.1 Å². The van der Waals surface area contributed by atoms with Gasteiger partial charge in [0.15, 0.2) is 6.10 Å². The van der Waals surface area contributed by atoms with E-state index in [9.17, 15) is 35.8 Å². The Kier molecular flexibility index (Phi) is 3.62. The molecule has 0 spiro atoms. The van der Waals surface area contributed by atoms with Crippen LogP contribution < -0.4 is 0 Å². The molecule has 1 rings (SSSR count). The van der Waals surface area contributed by atoms with Crippen molar-refractivity contribution in [3.05, 3.63) is 35.9 Å². The van der Waals surface area contributed by atoms with E-state index in [-0.39, 0.29) is 0 Å². The molecule has 1 nitrogen and oxygen atoms in total. The Morgan fingerprint density at radius 3 is 1.50 bits per heavy atom. The van der Waals surface area contributed by atoms with Gasteiger partial charge in [0.25, 0.3) is 0 Å². The van der Waals surface area contributed by atoms with Crippen LogP contribution >= 0.6 is 0 Å². The monoisotopic (exact) mass is 275 g/mol. The Morgan fingerprint density at radius 1 is 0.778 bits per heavy atom. The molecular weight excluding hydrogens is 269 g/mol. The second kappa shape index (κ2) is 4.42. The van der Waals surface area contributed by atoms with Crippen LogP contribution in [-0.4, -0.2) is 18.0 Å². The molecule has 0 aliphatic rings. The molecule has 0 aromatic heterocycles. The fourth-order valence-electron chi connectivity index (χ4n) is 1.32. The average Bonchev–Trinajstić information content (AvgIpc) is 2.25. The molecule has 1 aromatic rings. The lowest BCUT2D eigenvalue weighted by molar-refractivity contribution is -0.372. The summed E-state index contributed by atoms with van der Waals surface area (Å²) >= 11 is 0. The molecule has 101 valence electrons. The molecule has 1 aromatic carbocycles. The van der Waals surface area contributed by atoms with E-state index in [4.69, 9.17) is 0 Å². The molecule has 0 aliphatic heterocycles. The Balaban J connectivity index is 3.30. The Bertz CT molecular complexity index is 381. The Labute approximate surface area is 96.8 Å². The minimum absolute atomic E-state index is 0.712. The predicted molar refractivity (Wildman–Crippen MR) is 45.8 cm³/mol. The summed E-state index contributed by atoms with van der Waals surface area (Å²) in [7, 11) is 0. The predicted octanol–water partition coefficient (Wildman–Crippen LogP) is 3.99. The first-order chi connectivity index (χ1) is 8.02. The maximum absolute atomic E-state index is 13.3. The Hall–Kier alpha value is -1.31. The number of rotatable bonds is 2. The van der Waals surface area contributed by atoms with E-state index in [1.807, 2.05) is 0 Å². The van der Waals surface area contributed by atoms with Crippen LogP contribution in [0.25, 0.3) is 0 Å². The molecule has 0 N–H and O–H groups in total. The van der Waals surface area contributed by atoms with E-state index in [1.54, 1.807) is 0 Å². The van der Waals surface area contributed by atoms with Crippen LogP contribution in [0, 0.1) is 0 Å². The molecule has 0 amide bonds. The summed E-state index contributed by atoms with van der Waals surface area (Å²) in [6, 6.07) is 4.80. The second-order valence-corrected chi connectivity index (χ2v) is 3.50. The molecule has 0 saturated carbocycles. The largest absolute Gasteiger partial charge is 0.434 e. The summed E-state index contributed by atoms with van der Waals surface area (Å²) in [6.45, 7) is 0. The third kappa shape index (κ3) is 2.29. The van der Waals surface area contributed by atoms with Gasteiger partial charge in [-0.1, -0.05) is 30.3 Å². The van der Waals surface area contributed by atoms with Crippen molar-refractivity contribution >= 4 is 0 Å². The molecule has 0 heterocycles. The zero-order valence-corrected chi connectivity index (χ0v) is 8.52. The molecule has 1 radical (unpaired) electrons. The van der Waals surface area contributed by atoms with E-state index >= 15 is 0 Å². The van der Waals surface area contributed by atoms with Gasteiger partial charge in [0.05, 0.1) is 0 Å². The van der Waals surface area contributed by atoms with Crippen LogP contribution in [0.4, 0.5) is 30.7 Å². The topological polar surface area (TPSA) is 19.9 Å². The summed E-state index contributed by atoms with van der Waals surface area (Å²) in [5.41, 5.74) is -6.74.